The fraction of sp³-hybridized carbons (Fsp3) is 0.727. The molecule has 0 rings (SSSR count). The summed E-state index contributed by atoms with van der Waals surface area (Å²) in [7, 11) is 0. The van der Waals surface area contributed by atoms with Crippen LogP contribution in [-0.4, -0.2) is 47.3 Å². The third kappa shape index (κ3) is 6.44. The average molecular weight is 291 g/mol. The predicted molar refractivity (Wildman–Crippen MR) is 73.9 cm³/mol. The fourth-order valence-corrected chi connectivity index (χ4v) is 1.48. The molecule has 2 amide bonds. The molecule has 7 nitrogen and oxygen atoms in total. The lowest BCUT2D eigenvalue weighted by Gasteiger charge is -2.18. The van der Waals surface area contributed by atoms with E-state index in [1.165, 1.54) is 0 Å². The van der Waals surface area contributed by atoms with E-state index in [0.29, 0.717) is 0 Å². The third-order valence-corrected chi connectivity index (χ3v) is 3.16. The number of carbonyl (C=O) groups excluding carboxylic acids is 2. The van der Waals surface area contributed by atoms with Crippen molar-refractivity contribution in [2.24, 2.45) is 11.7 Å². The van der Waals surface area contributed by atoms with E-state index in [0.717, 1.165) is 6.42 Å². The molecule has 0 aromatic rings. The normalized spacial score (nSPS) is 15.2. The van der Waals surface area contributed by atoms with Crippen molar-refractivity contribution in [3.05, 3.63) is 0 Å². The first-order valence-electron chi connectivity index (χ1n) is 5.99. The van der Waals surface area contributed by atoms with E-state index >= 15 is 0 Å². The topological polar surface area (TPSA) is 122 Å². The smallest absolute Gasteiger partial charge is 0.327 e. The number of amides is 2. The summed E-state index contributed by atoms with van der Waals surface area (Å²) >= 11 is 3.81. The molecule has 0 saturated carbocycles. The van der Waals surface area contributed by atoms with Crippen molar-refractivity contribution in [3.63, 3.8) is 0 Å². The summed E-state index contributed by atoms with van der Waals surface area (Å²) in [6.45, 7) is 3.45. The summed E-state index contributed by atoms with van der Waals surface area (Å²) in [6, 6.07) is -1.76. The Hall–Kier alpha value is -1.28. The van der Waals surface area contributed by atoms with Crippen LogP contribution in [0.2, 0.25) is 0 Å². The first kappa shape index (κ1) is 17.7. The summed E-state index contributed by atoms with van der Waals surface area (Å²) in [5.41, 5.74) is 5.68. The number of nitrogens with two attached hydrogens (primary N) is 1. The van der Waals surface area contributed by atoms with Crippen LogP contribution in [0.15, 0.2) is 0 Å². The number of aliphatic carboxylic acids is 1. The number of rotatable bonds is 8. The van der Waals surface area contributed by atoms with Crippen molar-refractivity contribution in [1.82, 2.24) is 10.6 Å². The molecule has 0 radical (unpaired) electrons. The van der Waals surface area contributed by atoms with Crippen molar-refractivity contribution >= 4 is 30.4 Å². The van der Waals surface area contributed by atoms with Gasteiger partial charge in [0.05, 0.1) is 12.6 Å². The highest BCUT2D eigenvalue weighted by Gasteiger charge is 2.21. The van der Waals surface area contributed by atoms with Crippen LogP contribution in [0.5, 0.6) is 0 Å². The number of hydrogen-bond donors (Lipinski definition) is 5. The molecule has 0 aromatic heterocycles. The molecular weight excluding hydrogens is 270 g/mol. The van der Waals surface area contributed by atoms with Crippen LogP contribution >= 0.6 is 12.6 Å². The van der Waals surface area contributed by atoms with Gasteiger partial charge in [-0.15, -0.1) is 0 Å². The fourth-order valence-electron chi connectivity index (χ4n) is 1.23. The van der Waals surface area contributed by atoms with Gasteiger partial charge in [0.25, 0.3) is 0 Å². The van der Waals surface area contributed by atoms with Crippen LogP contribution in [0, 0.1) is 5.92 Å². The number of carboxylic acid groups (broad SMARTS) is 1. The molecule has 0 aliphatic carbocycles. The van der Waals surface area contributed by atoms with Gasteiger partial charge in [0.1, 0.15) is 6.04 Å². The van der Waals surface area contributed by atoms with Gasteiger partial charge in [-0.2, -0.15) is 12.6 Å². The Morgan fingerprint density at radius 1 is 1.37 bits per heavy atom. The Labute approximate surface area is 117 Å². The van der Waals surface area contributed by atoms with E-state index < -0.39 is 29.9 Å². The van der Waals surface area contributed by atoms with Gasteiger partial charge in [-0.25, -0.2) is 4.79 Å². The minimum atomic E-state index is -1.18. The highest BCUT2D eigenvalue weighted by atomic mass is 32.1. The van der Waals surface area contributed by atoms with Gasteiger partial charge < -0.3 is 21.5 Å². The van der Waals surface area contributed by atoms with Crippen molar-refractivity contribution in [3.8, 4) is 0 Å². The molecule has 0 saturated heterocycles. The molecule has 0 aliphatic heterocycles. The predicted octanol–water partition coefficient (Wildman–Crippen LogP) is -1.02. The molecule has 0 bridgehead atoms. The van der Waals surface area contributed by atoms with E-state index in [2.05, 4.69) is 23.3 Å². The molecule has 0 spiro atoms. The van der Waals surface area contributed by atoms with Gasteiger partial charge >= 0.3 is 5.97 Å². The zero-order valence-electron chi connectivity index (χ0n) is 11.0. The van der Waals surface area contributed by atoms with Crippen molar-refractivity contribution < 1.29 is 19.5 Å². The number of carboxylic acids is 1. The lowest BCUT2D eigenvalue weighted by Crippen LogP contribution is -2.50. The molecule has 3 unspecified atom stereocenters. The molecule has 19 heavy (non-hydrogen) atoms. The summed E-state index contributed by atoms with van der Waals surface area (Å²) in [5.74, 6) is -2.21. The molecule has 8 heteroatoms. The highest BCUT2D eigenvalue weighted by Crippen LogP contribution is 2.04. The summed E-state index contributed by atoms with van der Waals surface area (Å²) < 4.78 is 0. The molecule has 5 N–H and O–H groups in total. The van der Waals surface area contributed by atoms with Crippen LogP contribution in [0.3, 0.4) is 0 Å². The van der Waals surface area contributed by atoms with E-state index in [-0.39, 0.29) is 18.2 Å². The van der Waals surface area contributed by atoms with Gasteiger partial charge in [-0.05, 0) is 5.92 Å². The summed E-state index contributed by atoms with van der Waals surface area (Å²) in [4.78, 5) is 33.7. The second kappa shape index (κ2) is 8.76. The van der Waals surface area contributed by atoms with Crippen LogP contribution in [0.1, 0.15) is 20.3 Å². The summed E-state index contributed by atoms with van der Waals surface area (Å²) in [6.07, 6.45) is 0.752. The largest absolute Gasteiger partial charge is 0.480 e. The van der Waals surface area contributed by atoms with Crippen molar-refractivity contribution in [1.29, 1.82) is 0 Å². The molecule has 0 aromatic carbocycles. The maximum atomic E-state index is 11.6. The minimum absolute atomic E-state index is 0.00673. The van der Waals surface area contributed by atoms with Gasteiger partial charge in [0.2, 0.25) is 11.8 Å². The van der Waals surface area contributed by atoms with Crippen molar-refractivity contribution in [2.75, 3.05) is 12.3 Å². The quantitative estimate of drug-likeness (QED) is 0.366. The van der Waals surface area contributed by atoms with E-state index in [1.54, 1.807) is 0 Å². The molecule has 0 aliphatic rings. The van der Waals surface area contributed by atoms with E-state index in [4.69, 9.17) is 10.8 Å². The zero-order valence-corrected chi connectivity index (χ0v) is 11.9. The molecular formula is C11H21N3O4S. The van der Waals surface area contributed by atoms with Gasteiger partial charge in [-0.3, -0.25) is 9.59 Å². The first-order chi connectivity index (χ1) is 8.83. The van der Waals surface area contributed by atoms with E-state index in [1.807, 2.05) is 13.8 Å². The highest BCUT2D eigenvalue weighted by molar-refractivity contribution is 7.80. The van der Waals surface area contributed by atoms with Gasteiger partial charge in [0.15, 0.2) is 0 Å². The van der Waals surface area contributed by atoms with Crippen LogP contribution in [-0.2, 0) is 14.4 Å². The van der Waals surface area contributed by atoms with Crippen LogP contribution in [0.25, 0.3) is 0 Å². The Balaban J connectivity index is 4.16. The molecule has 0 heterocycles. The number of carbonyl (C=O) groups is 3. The second-order valence-electron chi connectivity index (χ2n) is 4.27. The lowest BCUT2D eigenvalue weighted by molar-refractivity contribution is -0.141. The Morgan fingerprint density at radius 2 is 1.95 bits per heavy atom. The number of hydrogen-bond acceptors (Lipinski definition) is 5. The molecule has 3 atom stereocenters. The second-order valence-corrected chi connectivity index (χ2v) is 4.64. The first-order valence-corrected chi connectivity index (χ1v) is 6.63. The monoisotopic (exact) mass is 291 g/mol. The lowest BCUT2D eigenvalue weighted by atomic mass is 9.99. The maximum Gasteiger partial charge on any atom is 0.327 e. The molecule has 110 valence electrons. The van der Waals surface area contributed by atoms with Crippen LogP contribution in [0.4, 0.5) is 0 Å². The summed E-state index contributed by atoms with van der Waals surface area (Å²) in [5, 5.41) is 13.3. The standard InChI is InChI=1S/C11H21N3O4S/c1-3-6(2)9(12)10(16)13-4-8(15)14-7(5-19)11(17)18/h6-7,9,19H,3-5,12H2,1-2H3,(H,13,16)(H,14,15)(H,17,18). The SMILES string of the molecule is CCC(C)C(N)C(=O)NCC(=O)NC(CS)C(=O)O. The average Bonchev–Trinajstić information content (AvgIpc) is 2.39. The van der Waals surface area contributed by atoms with Crippen LogP contribution < -0.4 is 16.4 Å². The molecule has 0 fully saturated rings. The van der Waals surface area contributed by atoms with Gasteiger partial charge in [-0.1, -0.05) is 20.3 Å². The Kier molecular flexibility index (Phi) is 8.17. The Bertz CT molecular complexity index is 338. The third-order valence-electron chi connectivity index (χ3n) is 2.80. The number of thiol groups is 1. The minimum Gasteiger partial charge on any atom is -0.480 e. The van der Waals surface area contributed by atoms with E-state index in [9.17, 15) is 14.4 Å². The maximum absolute atomic E-state index is 11.6. The Morgan fingerprint density at radius 3 is 2.37 bits per heavy atom. The number of nitrogens with one attached hydrogen (secondary N) is 2. The van der Waals surface area contributed by atoms with Gasteiger partial charge in [0, 0.05) is 5.75 Å². The zero-order chi connectivity index (χ0) is 15.0. The van der Waals surface area contributed by atoms with Crippen molar-refractivity contribution in [2.45, 2.75) is 32.4 Å².